The Kier molecular flexibility index (Phi) is 6.70. The number of benzene rings is 2. The Balaban J connectivity index is 1.98. The predicted molar refractivity (Wildman–Crippen MR) is 101 cm³/mol. The topological polar surface area (TPSA) is 114 Å². The van der Waals surface area contributed by atoms with E-state index in [4.69, 9.17) is 14.2 Å². The third kappa shape index (κ3) is 4.64. The predicted octanol–water partition coefficient (Wildman–Crippen LogP) is 2.29. The summed E-state index contributed by atoms with van der Waals surface area (Å²) >= 11 is 0. The number of ether oxygens (including phenoxy) is 3. The van der Waals surface area contributed by atoms with Crippen LogP contribution in [-0.2, 0) is 16.1 Å². The molecule has 0 heterocycles. The minimum absolute atomic E-state index is 0.192. The van der Waals surface area contributed by atoms with Gasteiger partial charge in [0, 0.05) is 6.54 Å². The quantitative estimate of drug-likeness (QED) is 0.492. The fourth-order valence-corrected chi connectivity index (χ4v) is 2.45. The Hall–Kier alpha value is -3.42. The summed E-state index contributed by atoms with van der Waals surface area (Å²) < 4.78 is 15.4. The van der Waals surface area contributed by atoms with E-state index < -0.39 is 29.5 Å². The zero-order valence-electron chi connectivity index (χ0n) is 16.1. The van der Waals surface area contributed by atoms with Crippen LogP contribution in [0.1, 0.15) is 28.4 Å². The third-order valence-electron chi connectivity index (χ3n) is 4.14. The number of nitrogens with one attached hydrogen (secondary N) is 1. The molecular weight excluding hydrogens is 366 g/mol. The maximum atomic E-state index is 12.2. The first-order valence-corrected chi connectivity index (χ1v) is 8.49. The molecule has 8 heteroatoms. The van der Waals surface area contributed by atoms with Crippen molar-refractivity contribution < 1.29 is 34.0 Å². The molecule has 8 nitrogen and oxygen atoms in total. The lowest BCUT2D eigenvalue weighted by molar-refractivity contribution is -0.129. The van der Waals surface area contributed by atoms with Gasteiger partial charge in [0.25, 0.3) is 5.91 Å². The van der Waals surface area contributed by atoms with E-state index in [1.807, 2.05) is 0 Å². The number of esters is 1. The molecule has 1 amide bonds. The lowest BCUT2D eigenvalue weighted by Crippen LogP contribution is -2.35. The second kappa shape index (κ2) is 8.98. The Bertz CT molecular complexity index is 879. The molecule has 2 rings (SSSR count). The highest BCUT2D eigenvalue weighted by molar-refractivity contribution is 5.95. The van der Waals surface area contributed by atoms with Crippen LogP contribution in [0.2, 0.25) is 0 Å². The number of amides is 1. The van der Waals surface area contributed by atoms with Gasteiger partial charge in [-0.15, -0.1) is 0 Å². The fraction of sp³-hybridized carbons (Fsp3) is 0.300. The van der Waals surface area contributed by atoms with Crippen molar-refractivity contribution in [1.29, 1.82) is 0 Å². The second-order valence-electron chi connectivity index (χ2n) is 6.08. The zero-order valence-corrected chi connectivity index (χ0v) is 16.1. The molecule has 1 unspecified atom stereocenters. The number of aryl methyl sites for hydroxylation is 1. The van der Waals surface area contributed by atoms with Crippen molar-refractivity contribution in [2.24, 2.45) is 0 Å². The van der Waals surface area contributed by atoms with Gasteiger partial charge < -0.3 is 29.7 Å². The average molecular weight is 389 g/mol. The number of phenols is 2. The maximum Gasteiger partial charge on any atom is 0.342 e. The third-order valence-corrected chi connectivity index (χ3v) is 4.14. The number of methoxy groups -OCH3 is 2. The highest BCUT2D eigenvalue weighted by Crippen LogP contribution is 2.32. The maximum absolute atomic E-state index is 12.2. The van der Waals surface area contributed by atoms with Gasteiger partial charge in [-0.1, -0.05) is 12.1 Å². The summed E-state index contributed by atoms with van der Waals surface area (Å²) in [5.41, 5.74) is 0.961. The van der Waals surface area contributed by atoms with E-state index in [0.717, 1.165) is 5.56 Å². The number of hydrogen-bond donors (Lipinski definition) is 3. The summed E-state index contributed by atoms with van der Waals surface area (Å²) in [5.74, 6) is -1.31. The van der Waals surface area contributed by atoms with Crippen LogP contribution in [0, 0.1) is 6.92 Å². The SMILES string of the molecule is COc1ccc(CNC(=O)C(C)OC(=O)c2ccc(C)c(O)c2O)cc1OC. The van der Waals surface area contributed by atoms with Crippen LogP contribution < -0.4 is 14.8 Å². The summed E-state index contributed by atoms with van der Waals surface area (Å²) in [6.45, 7) is 3.18. The van der Waals surface area contributed by atoms with Crippen molar-refractivity contribution in [3.05, 3.63) is 47.0 Å². The van der Waals surface area contributed by atoms with Crippen LogP contribution in [-0.4, -0.2) is 42.4 Å². The molecule has 0 fully saturated rings. The molecule has 0 saturated heterocycles. The lowest BCUT2D eigenvalue weighted by atomic mass is 10.1. The summed E-state index contributed by atoms with van der Waals surface area (Å²) in [4.78, 5) is 24.4. The first kappa shape index (κ1) is 20.9. The largest absolute Gasteiger partial charge is 0.504 e. The molecule has 2 aromatic carbocycles. The molecule has 0 radical (unpaired) electrons. The standard InChI is InChI=1S/C20H23NO7/c1-11-5-7-14(18(23)17(11)22)20(25)28-12(2)19(24)21-10-13-6-8-15(26-3)16(9-13)27-4/h5-9,12,22-23H,10H2,1-4H3,(H,21,24). The van der Waals surface area contributed by atoms with Gasteiger partial charge in [0.1, 0.15) is 5.56 Å². The molecule has 1 atom stereocenters. The van der Waals surface area contributed by atoms with E-state index in [9.17, 15) is 19.8 Å². The van der Waals surface area contributed by atoms with Crippen molar-refractivity contribution in [1.82, 2.24) is 5.32 Å². The summed E-state index contributed by atoms with van der Waals surface area (Å²) in [5, 5.41) is 22.2. The monoisotopic (exact) mass is 389 g/mol. The van der Waals surface area contributed by atoms with Crippen molar-refractivity contribution in [2.45, 2.75) is 26.5 Å². The Morgan fingerprint density at radius 1 is 1.04 bits per heavy atom. The molecule has 0 aliphatic carbocycles. The van der Waals surface area contributed by atoms with Crippen molar-refractivity contribution in [3.63, 3.8) is 0 Å². The molecule has 150 valence electrons. The minimum Gasteiger partial charge on any atom is -0.504 e. The van der Waals surface area contributed by atoms with Crippen molar-refractivity contribution >= 4 is 11.9 Å². The van der Waals surface area contributed by atoms with Gasteiger partial charge in [0.2, 0.25) is 0 Å². The van der Waals surface area contributed by atoms with E-state index in [1.165, 1.54) is 33.3 Å². The van der Waals surface area contributed by atoms with Crippen LogP contribution in [0.15, 0.2) is 30.3 Å². The van der Waals surface area contributed by atoms with Crippen molar-refractivity contribution in [3.8, 4) is 23.0 Å². The van der Waals surface area contributed by atoms with Gasteiger partial charge in [0.15, 0.2) is 29.1 Å². The molecule has 3 N–H and O–H groups in total. The summed E-state index contributed by atoms with van der Waals surface area (Å²) in [6.07, 6.45) is -1.10. The Labute approximate surface area is 162 Å². The zero-order chi connectivity index (χ0) is 20.8. The number of phenolic OH excluding ortho intramolecular Hbond substituents is 2. The number of carbonyl (C=O) groups excluding carboxylic acids is 2. The van der Waals surface area contributed by atoms with E-state index in [1.54, 1.807) is 25.1 Å². The van der Waals surface area contributed by atoms with Crippen molar-refractivity contribution in [2.75, 3.05) is 14.2 Å². The van der Waals surface area contributed by atoms with E-state index in [0.29, 0.717) is 17.1 Å². The first-order valence-electron chi connectivity index (χ1n) is 8.49. The van der Waals surface area contributed by atoms with Gasteiger partial charge in [-0.3, -0.25) is 4.79 Å². The molecule has 28 heavy (non-hydrogen) atoms. The molecule has 0 spiro atoms. The molecule has 0 aliphatic heterocycles. The molecule has 0 aromatic heterocycles. The molecular formula is C20H23NO7. The van der Waals surface area contributed by atoms with Gasteiger partial charge in [-0.05, 0) is 43.2 Å². The van der Waals surface area contributed by atoms with Crippen LogP contribution in [0.25, 0.3) is 0 Å². The van der Waals surface area contributed by atoms with Crippen LogP contribution in [0.3, 0.4) is 0 Å². The van der Waals surface area contributed by atoms with Gasteiger partial charge in [0.05, 0.1) is 14.2 Å². The van der Waals surface area contributed by atoms with Crippen LogP contribution >= 0.6 is 0 Å². The number of carbonyl (C=O) groups is 2. The summed E-state index contributed by atoms with van der Waals surface area (Å²) in [7, 11) is 3.04. The van der Waals surface area contributed by atoms with E-state index in [2.05, 4.69) is 5.32 Å². The highest BCUT2D eigenvalue weighted by atomic mass is 16.5. The van der Waals surface area contributed by atoms with Crippen LogP contribution in [0.4, 0.5) is 0 Å². The number of hydrogen-bond acceptors (Lipinski definition) is 7. The molecule has 0 bridgehead atoms. The second-order valence-corrected chi connectivity index (χ2v) is 6.08. The first-order chi connectivity index (χ1) is 13.3. The highest BCUT2D eigenvalue weighted by Gasteiger charge is 2.22. The lowest BCUT2D eigenvalue weighted by Gasteiger charge is -2.15. The summed E-state index contributed by atoms with van der Waals surface area (Å²) in [6, 6.07) is 8.00. The van der Waals surface area contributed by atoms with Crippen LogP contribution in [0.5, 0.6) is 23.0 Å². The normalized spacial score (nSPS) is 11.4. The molecule has 0 aliphatic rings. The Morgan fingerprint density at radius 2 is 1.71 bits per heavy atom. The van der Waals surface area contributed by atoms with Gasteiger partial charge >= 0.3 is 5.97 Å². The van der Waals surface area contributed by atoms with E-state index >= 15 is 0 Å². The number of aromatic hydroxyl groups is 2. The Morgan fingerprint density at radius 3 is 2.36 bits per heavy atom. The minimum atomic E-state index is -1.10. The number of rotatable bonds is 7. The average Bonchev–Trinajstić information content (AvgIpc) is 2.69. The van der Waals surface area contributed by atoms with Gasteiger partial charge in [-0.25, -0.2) is 4.79 Å². The van der Waals surface area contributed by atoms with E-state index in [-0.39, 0.29) is 12.1 Å². The van der Waals surface area contributed by atoms with Gasteiger partial charge in [-0.2, -0.15) is 0 Å². The molecule has 2 aromatic rings. The molecule has 0 saturated carbocycles. The fourth-order valence-electron chi connectivity index (χ4n) is 2.45. The smallest absolute Gasteiger partial charge is 0.342 e.